The third-order valence-electron chi connectivity index (χ3n) is 3.74. The number of carbonyl (C=O) groups excluding carboxylic acids is 1. The fraction of sp³-hybridized carbons (Fsp3) is 0.105. The van der Waals surface area contributed by atoms with Crippen LogP contribution in [0.1, 0.15) is 10.4 Å². The summed E-state index contributed by atoms with van der Waals surface area (Å²) in [5, 5.41) is 2.90. The average molecular weight is 319 g/mol. The topological polar surface area (TPSA) is 64.1 Å². The zero-order chi connectivity index (χ0) is 16.9. The van der Waals surface area contributed by atoms with E-state index in [1.54, 1.807) is 25.5 Å². The van der Waals surface area contributed by atoms with Crippen molar-refractivity contribution in [3.8, 4) is 22.3 Å². The minimum Gasteiger partial charge on any atom is -0.465 e. The molecule has 5 heteroatoms. The van der Waals surface area contributed by atoms with Crippen LogP contribution in [-0.2, 0) is 4.74 Å². The maximum atomic E-state index is 11.9. The van der Waals surface area contributed by atoms with Crippen molar-refractivity contribution in [1.82, 2.24) is 9.97 Å². The molecule has 0 fully saturated rings. The molecule has 0 unspecified atom stereocenters. The van der Waals surface area contributed by atoms with Crippen LogP contribution in [0, 0.1) is 0 Å². The fourth-order valence-corrected chi connectivity index (χ4v) is 2.48. The maximum Gasteiger partial charge on any atom is 0.341 e. The van der Waals surface area contributed by atoms with Crippen LogP contribution < -0.4 is 5.32 Å². The monoisotopic (exact) mass is 319 g/mol. The molecular formula is C19H17N3O2. The molecule has 120 valence electrons. The van der Waals surface area contributed by atoms with E-state index >= 15 is 0 Å². The van der Waals surface area contributed by atoms with Crippen LogP contribution in [0.15, 0.2) is 61.1 Å². The van der Waals surface area contributed by atoms with Crippen LogP contribution in [0.25, 0.3) is 22.3 Å². The quantitative estimate of drug-likeness (QED) is 0.744. The number of anilines is 1. The van der Waals surface area contributed by atoms with Crippen LogP contribution >= 0.6 is 0 Å². The normalized spacial score (nSPS) is 10.2. The van der Waals surface area contributed by atoms with Gasteiger partial charge in [-0.2, -0.15) is 0 Å². The molecule has 0 bridgehead atoms. The number of benzene rings is 1. The molecule has 3 aromatic rings. The minimum atomic E-state index is -0.416. The molecule has 2 aromatic heterocycles. The van der Waals surface area contributed by atoms with Crippen molar-refractivity contribution in [3.63, 3.8) is 0 Å². The second-order valence-electron chi connectivity index (χ2n) is 5.18. The van der Waals surface area contributed by atoms with Gasteiger partial charge in [0.15, 0.2) is 0 Å². The zero-order valence-electron chi connectivity index (χ0n) is 13.5. The van der Waals surface area contributed by atoms with Gasteiger partial charge in [0.2, 0.25) is 0 Å². The number of methoxy groups -OCH3 is 1. The Bertz CT molecular complexity index is 846. The molecular weight excluding hydrogens is 302 g/mol. The Labute approximate surface area is 140 Å². The summed E-state index contributed by atoms with van der Waals surface area (Å²) in [4.78, 5) is 20.3. The molecule has 0 saturated heterocycles. The molecule has 0 aliphatic heterocycles. The van der Waals surface area contributed by atoms with E-state index in [0.29, 0.717) is 11.4 Å². The number of ether oxygens (including phenoxy) is 1. The lowest BCUT2D eigenvalue weighted by molar-refractivity contribution is 0.0601. The highest BCUT2D eigenvalue weighted by Gasteiger charge is 2.14. The molecule has 5 nitrogen and oxygen atoms in total. The maximum absolute atomic E-state index is 11.9. The number of pyridine rings is 2. The fourth-order valence-electron chi connectivity index (χ4n) is 2.48. The van der Waals surface area contributed by atoms with Gasteiger partial charge in [0, 0.05) is 31.2 Å². The summed E-state index contributed by atoms with van der Waals surface area (Å²) in [7, 11) is 3.08. The summed E-state index contributed by atoms with van der Waals surface area (Å²) in [5.41, 5.74) is 4.38. The molecule has 2 heterocycles. The Morgan fingerprint density at radius 3 is 2.29 bits per heavy atom. The van der Waals surface area contributed by atoms with Crippen molar-refractivity contribution in [1.29, 1.82) is 0 Å². The second kappa shape index (κ2) is 6.91. The van der Waals surface area contributed by atoms with Gasteiger partial charge in [0.25, 0.3) is 0 Å². The summed E-state index contributed by atoms with van der Waals surface area (Å²) in [5.74, 6) is 0.0817. The van der Waals surface area contributed by atoms with Crippen molar-refractivity contribution >= 4 is 11.8 Å². The number of hydrogen-bond acceptors (Lipinski definition) is 5. The van der Waals surface area contributed by atoms with Crippen LogP contribution in [0.5, 0.6) is 0 Å². The van der Waals surface area contributed by atoms with Gasteiger partial charge in [-0.25, -0.2) is 9.78 Å². The summed E-state index contributed by atoms with van der Waals surface area (Å²) in [6.45, 7) is 0. The van der Waals surface area contributed by atoms with E-state index in [2.05, 4.69) is 15.3 Å². The number of rotatable bonds is 4. The Morgan fingerprint density at radius 2 is 1.71 bits per heavy atom. The van der Waals surface area contributed by atoms with E-state index in [4.69, 9.17) is 4.74 Å². The Balaban J connectivity index is 1.96. The number of hydrogen-bond donors (Lipinski definition) is 1. The second-order valence-corrected chi connectivity index (χ2v) is 5.18. The summed E-state index contributed by atoms with van der Waals surface area (Å²) in [6.07, 6.45) is 5.31. The van der Waals surface area contributed by atoms with E-state index in [1.165, 1.54) is 7.11 Å². The molecule has 0 aliphatic carbocycles. The molecule has 0 aliphatic rings. The largest absolute Gasteiger partial charge is 0.465 e. The molecule has 1 aromatic carbocycles. The van der Waals surface area contributed by atoms with Gasteiger partial charge < -0.3 is 10.1 Å². The SMILES string of the molecule is CNc1ncc(-c2ccc(-c3cccnc3)cc2)cc1C(=O)OC. The number of esters is 1. The van der Waals surface area contributed by atoms with E-state index in [0.717, 1.165) is 22.3 Å². The smallest absolute Gasteiger partial charge is 0.341 e. The Kier molecular flexibility index (Phi) is 4.52. The molecule has 0 atom stereocenters. The van der Waals surface area contributed by atoms with Crippen LogP contribution in [0.4, 0.5) is 5.82 Å². The summed E-state index contributed by atoms with van der Waals surface area (Å²) < 4.78 is 4.82. The standard InChI is InChI=1S/C19H17N3O2/c1-20-18-17(19(23)24-2)10-16(12-22-18)14-7-5-13(6-8-14)15-4-3-9-21-11-15/h3-12H,1-2H3,(H,20,22). The highest BCUT2D eigenvalue weighted by Crippen LogP contribution is 2.26. The van der Waals surface area contributed by atoms with Crippen molar-refractivity contribution in [2.75, 3.05) is 19.5 Å². The predicted octanol–water partition coefficient (Wildman–Crippen LogP) is 3.64. The third-order valence-corrected chi connectivity index (χ3v) is 3.74. The van der Waals surface area contributed by atoms with Gasteiger partial charge in [-0.3, -0.25) is 4.98 Å². The predicted molar refractivity (Wildman–Crippen MR) is 93.8 cm³/mol. The lowest BCUT2D eigenvalue weighted by atomic mass is 10.0. The zero-order valence-corrected chi connectivity index (χ0v) is 13.5. The first kappa shape index (κ1) is 15.7. The number of nitrogens with one attached hydrogen (secondary N) is 1. The molecule has 0 saturated carbocycles. The van der Waals surface area contributed by atoms with Crippen LogP contribution in [-0.4, -0.2) is 30.1 Å². The number of carbonyl (C=O) groups is 1. The number of nitrogens with zero attached hydrogens (tertiary/aromatic N) is 2. The summed E-state index contributed by atoms with van der Waals surface area (Å²) >= 11 is 0. The van der Waals surface area contributed by atoms with Gasteiger partial charge in [-0.05, 0) is 28.8 Å². The minimum absolute atomic E-state index is 0.411. The Morgan fingerprint density at radius 1 is 1.00 bits per heavy atom. The van der Waals surface area contributed by atoms with E-state index in [-0.39, 0.29) is 0 Å². The average Bonchev–Trinajstić information content (AvgIpc) is 2.67. The van der Waals surface area contributed by atoms with Crippen molar-refractivity contribution in [2.45, 2.75) is 0 Å². The van der Waals surface area contributed by atoms with Crippen molar-refractivity contribution < 1.29 is 9.53 Å². The van der Waals surface area contributed by atoms with E-state index in [1.807, 2.05) is 42.6 Å². The van der Waals surface area contributed by atoms with Gasteiger partial charge in [0.1, 0.15) is 11.4 Å². The molecule has 0 spiro atoms. The lowest BCUT2D eigenvalue weighted by Crippen LogP contribution is -2.07. The molecule has 0 amide bonds. The van der Waals surface area contributed by atoms with Crippen LogP contribution in [0.2, 0.25) is 0 Å². The summed E-state index contributed by atoms with van der Waals surface area (Å²) in [6, 6.07) is 13.8. The highest BCUT2D eigenvalue weighted by molar-refractivity contribution is 5.96. The van der Waals surface area contributed by atoms with Crippen LogP contribution in [0.3, 0.4) is 0 Å². The van der Waals surface area contributed by atoms with Crippen molar-refractivity contribution in [2.24, 2.45) is 0 Å². The molecule has 3 rings (SSSR count). The highest BCUT2D eigenvalue weighted by atomic mass is 16.5. The number of aromatic nitrogens is 2. The molecule has 24 heavy (non-hydrogen) atoms. The Hall–Kier alpha value is -3.21. The van der Waals surface area contributed by atoms with Gasteiger partial charge >= 0.3 is 5.97 Å². The molecule has 1 N–H and O–H groups in total. The van der Waals surface area contributed by atoms with Gasteiger partial charge in [0.05, 0.1) is 7.11 Å². The first-order valence-electron chi connectivity index (χ1n) is 7.50. The lowest BCUT2D eigenvalue weighted by Gasteiger charge is -2.09. The van der Waals surface area contributed by atoms with Crippen molar-refractivity contribution in [3.05, 3.63) is 66.6 Å². The van der Waals surface area contributed by atoms with E-state index in [9.17, 15) is 4.79 Å². The van der Waals surface area contributed by atoms with E-state index < -0.39 is 5.97 Å². The van der Waals surface area contributed by atoms with Gasteiger partial charge in [-0.15, -0.1) is 0 Å². The van der Waals surface area contributed by atoms with Gasteiger partial charge in [-0.1, -0.05) is 30.3 Å². The first-order chi connectivity index (χ1) is 11.7. The first-order valence-corrected chi connectivity index (χ1v) is 7.50. The molecule has 0 radical (unpaired) electrons. The third kappa shape index (κ3) is 3.10.